The lowest BCUT2D eigenvalue weighted by atomic mass is 10.2. The van der Waals surface area contributed by atoms with Crippen molar-refractivity contribution in [1.29, 1.82) is 0 Å². The molecule has 1 amide bonds. The fourth-order valence-electron chi connectivity index (χ4n) is 3.04. The van der Waals surface area contributed by atoms with Gasteiger partial charge in [0.05, 0.1) is 17.7 Å². The zero-order valence-corrected chi connectivity index (χ0v) is 19.2. The number of ether oxygens (including phenoxy) is 1. The summed E-state index contributed by atoms with van der Waals surface area (Å²) in [6.45, 7) is -0.432. The van der Waals surface area contributed by atoms with Crippen LogP contribution >= 0.6 is 11.3 Å². The molecule has 168 valence electrons. The Bertz CT molecular complexity index is 1330. The first kappa shape index (κ1) is 22.4. The fraction of sp³-hybridized carbons (Fsp3) is 0.0870. The molecule has 0 saturated heterocycles. The van der Waals surface area contributed by atoms with Crippen molar-refractivity contribution < 1.29 is 17.9 Å². The highest BCUT2D eigenvalue weighted by Crippen LogP contribution is 2.27. The normalized spacial score (nSPS) is 11.1. The Hall–Kier alpha value is -3.76. The van der Waals surface area contributed by atoms with Gasteiger partial charge in [-0.1, -0.05) is 59.9 Å². The van der Waals surface area contributed by atoms with E-state index in [-0.39, 0.29) is 10.0 Å². The van der Waals surface area contributed by atoms with Crippen LogP contribution in [0.5, 0.6) is 5.75 Å². The minimum atomic E-state index is -4.02. The number of hydrogen-bond acceptors (Lipinski definition) is 7. The summed E-state index contributed by atoms with van der Waals surface area (Å²) in [6, 6.07) is 23.9. The average Bonchev–Trinajstić information content (AvgIpc) is 3.32. The smallest absolute Gasteiger partial charge is 0.264 e. The van der Waals surface area contributed by atoms with Crippen LogP contribution in [0.2, 0.25) is 0 Å². The monoisotopic (exact) mass is 480 g/mol. The third-order valence-electron chi connectivity index (χ3n) is 4.67. The van der Waals surface area contributed by atoms with Gasteiger partial charge in [0.15, 0.2) is 0 Å². The molecule has 0 saturated carbocycles. The number of carbonyl (C=O) groups is 1. The lowest BCUT2D eigenvalue weighted by Crippen LogP contribution is -2.38. The first-order valence-corrected chi connectivity index (χ1v) is 12.1. The van der Waals surface area contributed by atoms with Gasteiger partial charge in [-0.3, -0.25) is 14.4 Å². The molecular formula is C23H20N4O4S2. The summed E-state index contributed by atoms with van der Waals surface area (Å²) in [4.78, 5) is 12.9. The van der Waals surface area contributed by atoms with E-state index in [0.717, 1.165) is 9.87 Å². The summed E-state index contributed by atoms with van der Waals surface area (Å²) >= 11 is 1.21. The molecule has 1 aromatic heterocycles. The summed E-state index contributed by atoms with van der Waals surface area (Å²) in [5.41, 5.74) is 1.24. The van der Waals surface area contributed by atoms with Crippen LogP contribution in [0.4, 0.5) is 10.8 Å². The first-order valence-electron chi connectivity index (χ1n) is 9.88. The van der Waals surface area contributed by atoms with Gasteiger partial charge in [-0.05, 0) is 36.4 Å². The van der Waals surface area contributed by atoms with E-state index < -0.39 is 22.5 Å². The standard InChI is InChI=1S/C23H20N4O4S2/c1-31-19-12-14-20(15-13-19)33(29,30)27(18-10-6-3-7-11-18)16-21(28)24-23-26-25-22(32-23)17-8-4-2-5-9-17/h2-15H,16H2,1H3,(H,24,26,28). The number of sulfonamides is 1. The molecular weight excluding hydrogens is 460 g/mol. The third-order valence-corrected chi connectivity index (χ3v) is 7.35. The Morgan fingerprint density at radius 3 is 2.21 bits per heavy atom. The molecule has 0 unspecified atom stereocenters. The molecule has 4 rings (SSSR count). The third kappa shape index (κ3) is 5.18. The SMILES string of the molecule is COc1ccc(S(=O)(=O)N(CC(=O)Nc2nnc(-c3ccccc3)s2)c2ccccc2)cc1. The molecule has 10 heteroatoms. The van der Waals surface area contributed by atoms with Crippen LogP contribution in [0.25, 0.3) is 10.6 Å². The molecule has 0 aliphatic carbocycles. The van der Waals surface area contributed by atoms with Crippen molar-refractivity contribution in [2.75, 3.05) is 23.3 Å². The highest BCUT2D eigenvalue weighted by Gasteiger charge is 2.27. The number of rotatable bonds is 8. The lowest BCUT2D eigenvalue weighted by Gasteiger charge is -2.23. The Kier molecular flexibility index (Phi) is 6.66. The molecule has 1 N–H and O–H groups in total. The molecule has 8 nitrogen and oxygen atoms in total. The Morgan fingerprint density at radius 1 is 0.939 bits per heavy atom. The summed E-state index contributed by atoms with van der Waals surface area (Å²) in [6.07, 6.45) is 0. The number of hydrogen-bond donors (Lipinski definition) is 1. The minimum Gasteiger partial charge on any atom is -0.497 e. The topological polar surface area (TPSA) is 101 Å². The number of amides is 1. The summed E-state index contributed by atoms with van der Waals surface area (Å²) in [5.74, 6) is -0.00449. The number of benzene rings is 3. The lowest BCUT2D eigenvalue weighted by molar-refractivity contribution is -0.114. The molecule has 0 spiro atoms. The summed E-state index contributed by atoms with van der Waals surface area (Å²) < 4.78 is 32.9. The molecule has 0 aliphatic heterocycles. The molecule has 0 bridgehead atoms. The van der Waals surface area contributed by atoms with E-state index in [1.54, 1.807) is 42.5 Å². The molecule has 0 atom stereocenters. The number of nitrogens with one attached hydrogen (secondary N) is 1. The van der Waals surface area contributed by atoms with Gasteiger partial charge in [0.1, 0.15) is 17.3 Å². The maximum atomic E-state index is 13.4. The van der Waals surface area contributed by atoms with Crippen LogP contribution < -0.4 is 14.4 Å². The van der Waals surface area contributed by atoms with Crippen molar-refractivity contribution in [3.05, 3.63) is 84.9 Å². The van der Waals surface area contributed by atoms with Gasteiger partial charge in [-0.25, -0.2) is 8.42 Å². The van der Waals surface area contributed by atoms with E-state index >= 15 is 0 Å². The number of carbonyl (C=O) groups excluding carboxylic acids is 1. The van der Waals surface area contributed by atoms with Crippen LogP contribution in [0.1, 0.15) is 0 Å². The van der Waals surface area contributed by atoms with Gasteiger partial charge < -0.3 is 4.74 Å². The minimum absolute atomic E-state index is 0.0437. The maximum absolute atomic E-state index is 13.4. The molecule has 1 heterocycles. The van der Waals surface area contributed by atoms with Crippen molar-refractivity contribution in [2.45, 2.75) is 4.90 Å². The van der Waals surface area contributed by atoms with Crippen molar-refractivity contribution in [2.24, 2.45) is 0 Å². The summed E-state index contributed by atoms with van der Waals surface area (Å²) in [5, 5.41) is 11.7. The van der Waals surface area contributed by atoms with Crippen LogP contribution in [-0.4, -0.2) is 38.2 Å². The maximum Gasteiger partial charge on any atom is 0.264 e. The van der Waals surface area contributed by atoms with Crippen molar-refractivity contribution in [3.8, 4) is 16.3 Å². The van der Waals surface area contributed by atoms with Crippen molar-refractivity contribution in [1.82, 2.24) is 10.2 Å². The number of anilines is 2. The number of nitrogens with zero attached hydrogens (tertiary/aromatic N) is 3. The van der Waals surface area contributed by atoms with Crippen LogP contribution in [0, 0.1) is 0 Å². The van der Waals surface area contributed by atoms with E-state index in [9.17, 15) is 13.2 Å². The predicted molar refractivity (Wildman–Crippen MR) is 128 cm³/mol. The molecule has 33 heavy (non-hydrogen) atoms. The van der Waals surface area contributed by atoms with Gasteiger partial charge in [-0.2, -0.15) is 0 Å². The zero-order valence-electron chi connectivity index (χ0n) is 17.6. The van der Waals surface area contributed by atoms with E-state index in [1.165, 1.54) is 30.6 Å². The molecule has 4 aromatic rings. The summed E-state index contributed by atoms with van der Waals surface area (Å²) in [7, 11) is -2.52. The molecule has 0 radical (unpaired) electrons. The molecule has 0 aliphatic rings. The molecule has 3 aromatic carbocycles. The van der Waals surface area contributed by atoms with Crippen molar-refractivity contribution >= 4 is 38.1 Å². The highest BCUT2D eigenvalue weighted by atomic mass is 32.2. The van der Waals surface area contributed by atoms with Crippen LogP contribution in [0.3, 0.4) is 0 Å². The average molecular weight is 481 g/mol. The van der Waals surface area contributed by atoms with Gasteiger partial charge in [0.25, 0.3) is 10.0 Å². The van der Waals surface area contributed by atoms with Gasteiger partial charge in [0.2, 0.25) is 11.0 Å². The Balaban J connectivity index is 1.57. The van der Waals surface area contributed by atoms with E-state index in [4.69, 9.17) is 4.74 Å². The number of para-hydroxylation sites is 1. The van der Waals surface area contributed by atoms with Gasteiger partial charge >= 0.3 is 0 Å². The van der Waals surface area contributed by atoms with Crippen LogP contribution in [0.15, 0.2) is 89.8 Å². The second kappa shape index (κ2) is 9.80. The first-order chi connectivity index (χ1) is 16.0. The largest absolute Gasteiger partial charge is 0.497 e. The second-order valence-electron chi connectivity index (χ2n) is 6.85. The van der Waals surface area contributed by atoms with Crippen LogP contribution in [-0.2, 0) is 14.8 Å². The molecule has 0 fully saturated rings. The number of aromatic nitrogens is 2. The Morgan fingerprint density at radius 2 is 1.58 bits per heavy atom. The van der Waals surface area contributed by atoms with Crippen molar-refractivity contribution in [3.63, 3.8) is 0 Å². The number of methoxy groups -OCH3 is 1. The van der Waals surface area contributed by atoms with E-state index in [1.807, 2.05) is 30.3 Å². The predicted octanol–water partition coefficient (Wildman–Crippen LogP) is 4.05. The highest BCUT2D eigenvalue weighted by molar-refractivity contribution is 7.92. The van der Waals surface area contributed by atoms with E-state index in [2.05, 4.69) is 15.5 Å². The van der Waals surface area contributed by atoms with Gasteiger partial charge in [0, 0.05) is 5.56 Å². The van der Waals surface area contributed by atoms with E-state index in [0.29, 0.717) is 16.4 Å². The Labute approximate surface area is 195 Å². The second-order valence-corrected chi connectivity index (χ2v) is 9.69. The zero-order chi connectivity index (χ0) is 23.3. The fourth-order valence-corrected chi connectivity index (χ4v) is 5.23. The quantitative estimate of drug-likeness (QED) is 0.408. The van der Waals surface area contributed by atoms with Gasteiger partial charge in [-0.15, -0.1) is 10.2 Å².